The van der Waals surface area contributed by atoms with Gasteiger partial charge in [0.25, 0.3) is 5.89 Å². The van der Waals surface area contributed by atoms with Crippen molar-refractivity contribution < 1.29 is 18.0 Å². The Balaban J connectivity index is 1.40. The standard InChI is InChI=1S/C19H19F2N3O2/c20-13-7-8-15(21)14(11-13)16-12-23-18(24-16)6-4-2-1-3-5-17(25)19-22-9-10-26-19/h7-12H,1-6H2,(H,23,24). The van der Waals surface area contributed by atoms with Gasteiger partial charge >= 0.3 is 0 Å². The monoisotopic (exact) mass is 359 g/mol. The predicted octanol–water partition coefficient (Wildman–Crippen LogP) is 4.72. The first-order valence-corrected chi connectivity index (χ1v) is 8.55. The van der Waals surface area contributed by atoms with E-state index >= 15 is 0 Å². The van der Waals surface area contributed by atoms with Crippen molar-refractivity contribution >= 4 is 5.78 Å². The van der Waals surface area contributed by atoms with Crippen molar-refractivity contribution in [1.82, 2.24) is 15.0 Å². The fourth-order valence-electron chi connectivity index (χ4n) is 2.73. The van der Waals surface area contributed by atoms with E-state index in [1.165, 1.54) is 18.7 Å². The molecule has 0 fully saturated rings. The maximum Gasteiger partial charge on any atom is 0.263 e. The molecule has 5 nitrogen and oxygen atoms in total. The summed E-state index contributed by atoms with van der Waals surface area (Å²) in [6, 6.07) is 3.34. The number of unbranched alkanes of at least 4 members (excludes halogenated alkanes) is 3. The van der Waals surface area contributed by atoms with E-state index in [-0.39, 0.29) is 17.2 Å². The number of carbonyl (C=O) groups is 1. The number of aromatic amines is 1. The molecule has 0 spiro atoms. The number of Topliss-reactive ketones (excluding diaryl/α,β-unsaturated/α-hetero) is 1. The highest BCUT2D eigenvalue weighted by molar-refractivity contribution is 5.91. The van der Waals surface area contributed by atoms with Gasteiger partial charge in [0.1, 0.15) is 23.7 Å². The molecule has 0 atom stereocenters. The molecule has 0 saturated heterocycles. The molecule has 0 amide bonds. The summed E-state index contributed by atoms with van der Waals surface area (Å²) in [4.78, 5) is 22.8. The highest BCUT2D eigenvalue weighted by Crippen LogP contribution is 2.22. The minimum atomic E-state index is -0.489. The van der Waals surface area contributed by atoms with Gasteiger partial charge in [-0.05, 0) is 31.0 Å². The topological polar surface area (TPSA) is 71.8 Å². The van der Waals surface area contributed by atoms with Crippen LogP contribution in [0.15, 0.2) is 41.3 Å². The van der Waals surface area contributed by atoms with Gasteiger partial charge in [-0.25, -0.2) is 18.7 Å². The van der Waals surface area contributed by atoms with Gasteiger partial charge in [0, 0.05) is 18.4 Å². The van der Waals surface area contributed by atoms with Crippen LogP contribution in [0.1, 0.15) is 48.6 Å². The Bertz CT molecular complexity index is 860. The summed E-state index contributed by atoms with van der Waals surface area (Å²) in [7, 11) is 0. The summed E-state index contributed by atoms with van der Waals surface area (Å²) < 4.78 is 32.0. The lowest BCUT2D eigenvalue weighted by Gasteiger charge is -2.01. The number of carbonyl (C=O) groups excluding carboxylic acids is 1. The fourth-order valence-corrected chi connectivity index (χ4v) is 2.73. The number of nitrogens with zero attached hydrogens (tertiary/aromatic N) is 2. The molecule has 0 radical (unpaired) electrons. The molecule has 0 bridgehead atoms. The number of H-pyrrole nitrogens is 1. The number of hydrogen-bond acceptors (Lipinski definition) is 4. The zero-order valence-corrected chi connectivity index (χ0v) is 14.2. The molecule has 136 valence electrons. The number of halogens is 2. The van der Waals surface area contributed by atoms with Gasteiger partial charge in [0.15, 0.2) is 0 Å². The zero-order chi connectivity index (χ0) is 18.4. The SMILES string of the molecule is O=C(CCCCCCc1ncc(-c2cc(F)ccc2F)[nH]1)c1ncco1. The van der Waals surface area contributed by atoms with Crippen molar-refractivity contribution in [3.05, 3.63) is 60.2 Å². The van der Waals surface area contributed by atoms with Crippen LogP contribution in [0.25, 0.3) is 11.3 Å². The van der Waals surface area contributed by atoms with Crippen LogP contribution in [0.4, 0.5) is 8.78 Å². The van der Waals surface area contributed by atoms with Gasteiger partial charge in [0.2, 0.25) is 5.78 Å². The minimum absolute atomic E-state index is 0.0807. The smallest absolute Gasteiger partial charge is 0.263 e. The lowest BCUT2D eigenvalue weighted by atomic mass is 10.1. The molecular weight excluding hydrogens is 340 g/mol. The van der Waals surface area contributed by atoms with Crippen LogP contribution in [0.5, 0.6) is 0 Å². The van der Waals surface area contributed by atoms with Crippen molar-refractivity contribution in [2.75, 3.05) is 0 Å². The van der Waals surface area contributed by atoms with E-state index in [0.717, 1.165) is 49.7 Å². The fraction of sp³-hybridized carbons (Fsp3) is 0.316. The summed E-state index contributed by atoms with van der Waals surface area (Å²) >= 11 is 0. The van der Waals surface area contributed by atoms with E-state index in [0.29, 0.717) is 18.5 Å². The first-order valence-electron chi connectivity index (χ1n) is 8.55. The highest BCUT2D eigenvalue weighted by Gasteiger charge is 2.11. The molecule has 1 aromatic carbocycles. The van der Waals surface area contributed by atoms with E-state index in [2.05, 4.69) is 15.0 Å². The van der Waals surface area contributed by atoms with Crippen LogP contribution in [0.3, 0.4) is 0 Å². The largest absolute Gasteiger partial charge is 0.442 e. The molecule has 2 heterocycles. The zero-order valence-electron chi connectivity index (χ0n) is 14.2. The second-order valence-electron chi connectivity index (χ2n) is 6.04. The molecule has 0 saturated carbocycles. The lowest BCUT2D eigenvalue weighted by Crippen LogP contribution is -1.99. The van der Waals surface area contributed by atoms with Crippen LogP contribution >= 0.6 is 0 Å². The van der Waals surface area contributed by atoms with Gasteiger partial charge < -0.3 is 9.40 Å². The summed E-state index contributed by atoms with van der Waals surface area (Å²) in [6.45, 7) is 0. The number of rotatable bonds is 9. The summed E-state index contributed by atoms with van der Waals surface area (Å²) in [5, 5.41) is 0. The summed E-state index contributed by atoms with van der Waals surface area (Å²) in [5.41, 5.74) is 0.641. The van der Waals surface area contributed by atoms with Crippen molar-refractivity contribution in [3.63, 3.8) is 0 Å². The second-order valence-corrected chi connectivity index (χ2v) is 6.04. The number of ketones is 1. The molecule has 0 aliphatic rings. The highest BCUT2D eigenvalue weighted by atomic mass is 19.1. The Morgan fingerprint density at radius 2 is 1.96 bits per heavy atom. The average molecular weight is 359 g/mol. The maximum atomic E-state index is 13.8. The van der Waals surface area contributed by atoms with Gasteiger partial charge in [-0.2, -0.15) is 0 Å². The maximum absolute atomic E-state index is 13.8. The van der Waals surface area contributed by atoms with Crippen LogP contribution in [0.2, 0.25) is 0 Å². The third kappa shape index (κ3) is 4.62. The Labute approximate surface area is 149 Å². The predicted molar refractivity (Wildman–Crippen MR) is 91.6 cm³/mol. The number of benzene rings is 1. The average Bonchev–Trinajstić information content (AvgIpc) is 3.32. The number of oxazole rings is 1. The van der Waals surface area contributed by atoms with Crippen LogP contribution in [-0.4, -0.2) is 20.7 Å². The molecule has 2 aromatic heterocycles. The Hall–Kier alpha value is -2.83. The van der Waals surface area contributed by atoms with Crippen molar-refractivity contribution in [1.29, 1.82) is 0 Å². The van der Waals surface area contributed by atoms with Gasteiger partial charge in [-0.3, -0.25) is 4.79 Å². The molecular formula is C19H19F2N3O2. The number of aryl methyl sites for hydroxylation is 1. The molecule has 0 aliphatic heterocycles. The van der Waals surface area contributed by atoms with Crippen LogP contribution in [-0.2, 0) is 6.42 Å². The first kappa shape index (κ1) is 18.0. The van der Waals surface area contributed by atoms with Crippen LogP contribution in [0, 0.1) is 11.6 Å². The first-order chi connectivity index (χ1) is 12.6. The Morgan fingerprint density at radius 1 is 1.12 bits per heavy atom. The van der Waals surface area contributed by atoms with E-state index in [1.807, 2.05) is 0 Å². The normalized spacial score (nSPS) is 11.0. The number of imidazole rings is 1. The molecule has 3 aromatic rings. The van der Waals surface area contributed by atoms with E-state index in [9.17, 15) is 13.6 Å². The number of nitrogens with one attached hydrogen (secondary N) is 1. The quantitative estimate of drug-likeness (QED) is 0.443. The lowest BCUT2D eigenvalue weighted by molar-refractivity contribution is 0.0945. The van der Waals surface area contributed by atoms with Crippen molar-refractivity contribution in [2.45, 2.75) is 38.5 Å². The van der Waals surface area contributed by atoms with Gasteiger partial charge in [-0.1, -0.05) is 12.8 Å². The van der Waals surface area contributed by atoms with E-state index in [1.54, 1.807) is 0 Å². The molecule has 3 rings (SSSR count). The molecule has 26 heavy (non-hydrogen) atoms. The number of aromatic nitrogens is 3. The second kappa shape index (κ2) is 8.51. The van der Waals surface area contributed by atoms with Crippen molar-refractivity contribution in [3.8, 4) is 11.3 Å². The van der Waals surface area contributed by atoms with E-state index in [4.69, 9.17) is 4.42 Å². The molecule has 0 unspecified atom stereocenters. The summed E-state index contributed by atoms with van der Waals surface area (Å²) in [6.07, 6.45) is 9.03. The Morgan fingerprint density at radius 3 is 2.77 bits per heavy atom. The van der Waals surface area contributed by atoms with Crippen molar-refractivity contribution in [2.24, 2.45) is 0 Å². The van der Waals surface area contributed by atoms with Gasteiger partial charge in [-0.15, -0.1) is 0 Å². The van der Waals surface area contributed by atoms with Crippen LogP contribution < -0.4 is 0 Å². The van der Waals surface area contributed by atoms with E-state index < -0.39 is 11.6 Å². The molecule has 7 heteroatoms. The minimum Gasteiger partial charge on any atom is -0.442 e. The van der Waals surface area contributed by atoms with Gasteiger partial charge in [0.05, 0.1) is 18.1 Å². The number of hydrogen-bond donors (Lipinski definition) is 1. The third-order valence-corrected chi connectivity index (χ3v) is 4.09. The summed E-state index contributed by atoms with van der Waals surface area (Å²) in [5.74, 6) is -0.158. The third-order valence-electron chi connectivity index (χ3n) is 4.09. The Kier molecular flexibility index (Phi) is 5.88. The molecule has 0 aliphatic carbocycles. The molecule has 1 N–H and O–H groups in total.